The molecule has 0 radical (unpaired) electrons. The topological polar surface area (TPSA) is 65.5 Å². The number of hydrogen-bond acceptors (Lipinski definition) is 3. The highest BCUT2D eigenvalue weighted by Gasteiger charge is 2.24. The quantitative estimate of drug-likeness (QED) is 0.548. The molecular formula is C17H26N4OS. The molecule has 1 fully saturated rings. The Kier molecular flexibility index (Phi) is 7.26. The molecule has 0 aliphatic heterocycles. The molecule has 23 heavy (non-hydrogen) atoms. The first-order chi connectivity index (χ1) is 11.2. The van der Waals surface area contributed by atoms with Gasteiger partial charge in [-0.25, -0.2) is 0 Å². The molecule has 0 heterocycles. The van der Waals surface area contributed by atoms with Crippen LogP contribution in [0, 0.1) is 0 Å². The van der Waals surface area contributed by atoms with Crippen LogP contribution < -0.4 is 16.0 Å². The van der Waals surface area contributed by atoms with Gasteiger partial charge >= 0.3 is 0 Å². The number of nitrogens with zero attached hydrogens (tertiary/aromatic N) is 1. The van der Waals surface area contributed by atoms with Gasteiger partial charge in [0.25, 0.3) is 0 Å². The van der Waals surface area contributed by atoms with E-state index in [0.29, 0.717) is 18.5 Å². The summed E-state index contributed by atoms with van der Waals surface area (Å²) in [6.45, 7) is 0.774. The van der Waals surface area contributed by atoms with E-state index in [4.69, 9.17) is 0 Å². The van der Waals surface area contributed by atoms with Crippen LogP contribution in [-0.4, -0.2) is 43.0 Å². The summed E-state index contributed by atoms with van der Waals surface area (Å²) in [5.74, 6) is 0.664. The van der Waals surface area contributed by atoms with E-state index >= 15 is 0 Å². The predicted octanol–water partition coefficient (Wildman–Crippen LogP) is 1.75. The zero-order valence-electron chi connectivity index (χ0n) is 13.8. The number of rotatable bonds is 6. The predicted molar refractivity (Wildman–Crippen MR) is 97.7 cm³/mol. The van der Waals surface area contributed by atoms with E-state index in [1.807, 2.05) is 42.1 Å². The van der Waals surface area contributed by atoms with Crippen LogP contribution in [0.5, 0.6) is 0 Å². The lowest BCUT2D eigenvalue weighted by Crippen LogP contribution is -2.46. The highest BCUT2D eigenvalue weighted by molar-refractivity contribution is 7.99. The number of carbonyl (C=O) groups excluding carboxylic acids is 1. The van der Waals surface area contributed by atoms with Crippen LogP contribution in [0.3, 0.4) is 0 Å². The maximum atomic E-state index is 11.9. The van der Waals surface area contributed by atoms with Gasteiger partial charge < -0.3 is 16.0 Å². The summed E-state index contributed by atoms with van der Waals surface area (Å²) in [4.78, 5) is 16.1. The molecule has 3 N–H and O–H groups in total. The maximum Gasteiger partial charge on any atom is 0.239 e. The number of amides is 1. The van der Waals surface area contributed by atoms with E-state index in [0.717, 1.165) is 23.7 Å². The molecule has 1 aliphatic rings. The second kappa shape index (κ2) is 9.45. The van der Waals surface area contributed by atoms with Crippen molar-refractivity contribution in [3.8, 4) is 0 Å². The highest BCUT2D eigenvalue weighted by Crippen LogP contribution is 2.27. The number of nitrogens with one attached hydrogen (secondary N) is 3. The average Bonchev–Trinajstić information content (AvgIpc) is 3.05. The Bertz CT molecular complexity index is 521. The smallest absolute Gasteiger partial charge is 0.239 e. The molecule has 1 amide bonds. The van der Waals surface area contributed by atoms with Crippen molar-refractivity contribution in [2.45, 2.75) is 37.1 Å². The van der Waals surface area contributed by atoms with E-state index < -0.39 is 0 Å². The number of carbonyl (C=O) groups is 1. The Morgan fingerprint density at radius 1 is 1.26 bits per heavy atom. The molecule has 1 saturated carbocycles. The molecule has 6 heteroatoms. The minimum Gasteiger partial charge on any atom is -0.354 e. The van der Waals surface area contributed by atoms with E-state index in [-0.39, 0.29) is 12.5 Å². The zero-order valence-corrected chi connectivity index (χ0v) is 14.7. The summed E-state index contributed by atoms with van der Waals surface area (Å²) >= 11 is 1.93. The normalized spacial score (nSPS) is 21.0. The minimum atomic E-state index is -0.0368. The molecule has 126 valence electrons. The Morgan fingerprint density at radius 2 is 2.04 bits per heavy atom. The Balaban J connectivity index is 1.67. The van der Waals surface area contributed by atoms with Gasteiger partial charge in [-0.2, -0.15) is 11.8 Å². The molecule has 2 rings (SSSR count). The number of aliphatic imine (C=N–C) groups is 1. The fourth-order valence-electron chi connectivity index (χ4n) is 2.70. The number of guanidine groups is 1. The highest BCUT2D eigenvalue weighted by atomic mass is 32.2. The van der Waals surface area contributed by atoms with E-state index in [2.05, 4.69) is 27.2 Å². The zero-order chi connectivity index (χ0) is 16.5. The van der Waals surface area contributed by atoms with Gasteiger partial charge in [0.2, 0.25) is 5.91 Å². The molecule has 1 aliphatic carbocycles. The monoisotopic (exact) mass is 334 g/mol. The molecule has 0 saturated heterocycles. The summed E-state index contributed by atoms with van der Waals surface area (Å²) in [7, 11) is 1.73. The SMILES string of the molecule is CN=C(NCC(=O)NCc1ccccc1)NC1CCC(SC)C1. The van der Waals surface area contributed by atoms with Crippen LogP contribution in [0.25, 0.3) is 0 Å². The fraction of sp³-hybridized carbons (Fsp3) is 0.529. The lowest BCUT2D eigenvalue weighted by Gasteiger charge is -2.17. The Hall–Kier alpha value is -1.69. The summed E-state index contributed by atoms with van der Waals surface area (Å²) in [5.41, 5.74) is 1.09. The van der Waals surface area contributed by atoms with Crippen molar-refractivity contribution < 1.29 is 4.79 Å². The van der Waals surface area contributed by atoms with Crippen molar-refractivity contribution in [3.63, 3.8) is 0 Å². The van der Waals surface area contributed by atoms with Gasteiger partial charge in [-0.15, -0.1) is 0 Å². The first kappa shape index (κ1) is 17.7. The third-order valence-electron chi connectivity index (χ3n) is 4.03. The first-order valence-corrected chi connectivity index (χ1v) is 9.30. The largest absolute Gasteiger partial charge is 0.354 e. The maximum absolute atomic E-state index is 11.9. The second-order valence-corrected chi connectivity index (χ2v) is 6.84. The van der Waals surface area contributed by atoms with Gasteiger partial charge in [-0.3, -0.25) is 9.79 Å². The van der Waals surface area contributed by atoms with E-state index in [1.165, 1.54) is 6.42 Å². The van der Waals surface area contributed by atoms with Crippen LogP contribution in [0.15, 0.2) is 35.3 Å². The van der Waals surface area contributed by atoms with Crippen molar-refractivity contribution in [1.82, 2.24) is 16.0 Å². The van der Waals surface area contributed by atoms with E-state index in [9.17, 15) is 4.79 Å². The van der Waals surface area contributed by atoms with Crippen molar-refractivity contribution in [1.29, 1.82) is 0 Å². The molecule has 1 aromatic carbocycles. The second-order valence-electron chi connectivity index (χ2n) is 5.70. The van der Waals surface area contributed by atoms with Crippen molar-refractivity contribution in [2.24, 2.45) is 4.99 Å². The van der Waals surface area contributed by atoms with Gasteiger partial charge in [0.1, 0.15) is 0 Å². The molecule has 0 spiro atoms. The van der Waals surface area contributed by atoms with Gasteiger partial charge in [0, 0.05) is 24.9 Å². The average molecular weight is 334 g/mol. The molecular weight excluding hydrogens is 308 g/mol. The molecule has 0 aromatic heterocycles. The lowest BCUT2D eigenvalue weighted by molar-refractivity contribution is -0.120. The lowest BCUT2D eigenvalue weighted by atomic mass is 10.2. The van der Waals surface area contributed by atoms with Crippen molar-refractivity contribution in [3.05, 3.63) is 35.9 Å². The first-order valence-electron chi connectivity index (χ1n) is 8.02. The van der Waals surface area contributed by atoms with Gasteiger partial charge in [0.05, 0.1) is 6.54 Å². The van der Waals surface area contributed by atoms with Crippen LogP contribution in [0.4, 0.5) is 0 Å². The summed E-state index contributed by atoms with van der Waals surface area (Å²) < 4.78 is 0. The van der Waals surface area contributed by atoms with E-state index in [1.54, 1.807) is 7.05 Å². The Labute approximate surface area is 142 Å². The van der Waals surface area contributed by atoms with Crippen molar-refractivity contribution in [2.75, 3.05) is 19.8 Å². The third-order valence-corrected chi connectivity index (χ3v) is 5.13. The number of benzene rings is 1. The summed E-state index contributed by atoms with van der Waals surface area (Å²) in [5, 5.41) is 10.1. The summed E-state index contributed by atoms with van der Waals surface area (Å²) in [6, 6.07) is 10.3. The van der Waals surface area contributed by atoms with Gasteiger partial charge in [0.15, 0.2) is 5.96 Å². The van der Waals surface area contributed by atoms with Crippen molar-refractivity contribution >= 4 is 23.6 Å². The molecule has 2 unspecified atom stereocenters. The molecule has 2 atom stereocenters. The molecule has 1 aromatic rings. The van der Waals surface area contributed by atoms with Crippen LogP contribution >= 0.6 is 11.8 Å². The Morgan fingerprint density at radius 3 is 2.70 bits per heavy atom. The molecule has 5 nitrogen and oxygen atoms in total. The number of thioether (sulfide) groups is 1. The number of hydrogen-bond donors (Lipinski definition) is 3. The third kappa shape index (κ3) is 6.14. The standard InChI is InChI=1S/C17H26N4OS/c1-18-17(21-14-8-9-15(10-14)23-2)20-12-16(22)19-11-13-6-4-3-5-7-13/h3-7,14-15H,8-12H2,1-2H3,(H,19,22)(H2,18,20,21). The minimum absolute atomic E-state index is 0.0368. The van der Waals surface area contributed by atoms with Gasteiger partial charge in [-0.05, 0) is 31.1 Å². The van der Waals surface area contributed by atoms with Gasteiger partial charge in [-0.1, -0.05) is 30.3 Å². The van der Waals surface area contributed by atoms with Crippen LogP contribution in [-0.2, 0) is 11.3 Å². The summed E-state index contributed by atoms with van der Waals surface area (Å²) in [6.07, 6.45) is 5.72. The van der Waals surface area contributed by atoms with Crippen LogP contribution in [0.1, 0.15) is 24.8 Å². The molecule has 0 bridgehead atoms. The van der Waals surface area contributed by atoms with Crippen LogP contribution in [0.2, 0.25) is 0 Å². The fourth-order valence-corrected chi connectivity index (χ4v) is 3.49.